The van der Waals surface area contributed by atoms with Crippen LogP contribution in [0.2, 0.25) is 0 Å². The zero-order valence-corrected chi connectivity index (χ0v) is 14.3. The fourth-order valence-corrected chi connectivity index (χ4v) is 5.27. The van der Waals surface area contributed by atoms with Gasteiger partial charge in [0.15, 0.2) is 0 Å². The van der Waals surface area contributed by atoms with E-state index in [2.05, 4.69) is 16.3 Å². The van der Waals surface area contributed by atoms with Gasteiger partial charge >= 0.3 is 0 Å². The highest BCUT2D eigenvalue weighted by molar-refractivity contribution is 7.99. The molecule has 0 heterocycles. The van der Waals surface area contributed by atoms with E-state index in [1.54, 1.807) is 11.8 Å². The minimum atomic E-state index is -3.27. The molecule has 21 heavy (non-hydrogen) atoms. The average Bonchev–Trinajstić information content (AvgIpc) is 2.87. The number of thioether (sulfide) groups is 1. The fourth-order valence-electron chi connectivity index (χ4n) is 2.79. The predicted octanol–water partition coefficient (Wildman–Crippen LogP) is 2.11. The molecule has 1 aromatic carbocycles. The van der Waals surface area contributed by atoms with Gasteiger partial charge in [0.1, 0.15) is 0 Å². The predicted molar refractivity (Wildman–Crippen MR) is 89.9 cm³/mol. The molecule has 0 aromatic heterocycles. The standard InChI is InChI=1S/C15H24N2O2S2/c1-16-10-12-6-8-13(9-7-12)11-21(18,19)17-14-4-3-5-15(14)20-2/h6-9,14-17H,3-5,10-11H2,1-2H3. The van der Waals surface area contributed by atoms with E-state index in [1.807, 2.05) is 31.3 Å². The molecule has 1 aromatic rings. The van der Waals surface area contributed by atoms with E-state index in [9.17, 15) is 8.42 Å². The molecule has 2 unspecified atom stereocenters. The van der Waals surface area contributed by atoms with E-state index in [-0.39, 0.29) is 11.8 Å². The summed E-state index contributed by atoms with van der Waals surface area (Å²) in [5.74, 6) is 0.0600. The molecule has 0 saturated heterocycles. The van der Waals surface area contributed by atoms with Gasteiger partial charge in [-0.1, -0.05) is 30.7 Å². The maximum absolute atomic E-state index is 12.3. The van der Waals surface area contributed by atoms with Crippen LogP contribution in [0.5, 0.6) is 0 Å². The van der Waals surface area contributed by atoms with Crippen molar-refractivity contribution in [1.82, 2.24) is 10.0 Å². The minimum Gasteiger partial charge on any atom is -0.316 e. The van der Waals surface area contributed by atoms with E-state index in [0.717, 1.165) is 36.9 Å². The molecule has 6 heteroatoms. The van der Waals surface area contributed by atoms with Crippen LogP contribution in [-0.2, 0) is 22.3 Å². The Labute approximate surface area is 132 Å². The Balaban J connectivity index is 1.97. The van der Waals surface area contributed by atoms with Crippen molar-refractivity contribution in [3.8, 4) is 0 Å². The third-order valence-electron chi connectivity index (χ3n) is 3.85. The zero-order chi connectivity index (χ0) is 15.3. The summed E-state index contributed by atoms with van der Waals surface area (Å²) in [6, 6.07) is 7.83. The van der Waals surface area contributed by atoms with E-state index < -0.39 is 10.0 Å². The van der Waals surface area contributed by atoms with Crippen LogP contribution in [0.4, 0.5) is 0 Å². The highest BCUT2D eigenvalue weighted by Gasteiger charge is 2.29. The second-order valence-electron chi connectivity index (χ2n) is 5.54. The van der Waals surface area contributed by atoms with Gasteiger partial charge in [0.05, 0.1) is 5.75 Å². The molecular formula is C15H24N2O2S2. The van der Waals surface area contributed by atoms with Crippen LogP contribution >= 0.6 is 11.8 Å². The number of benzene rings is 1. The highest BCUT2D eigenvalue weighted by atomic mass is 32.2. The van der Waals surface area contributed by atoms with Crippen molar-refractivity contribution in [2.45, 2.75) is 42.9 Å². The molecule has 0 radical (unpaired) electrons. The van der Waals surface area contributed by atoms with Crippen molar-refractivity contribution < 1.29 is 8.42 Å². The van der Waals surface area contributed by atoms with Gasteiger partial charge in [0.2, 0.25) is 10.0 Å². The number of sulfonamides is 1. The van der Waals surface area contributed by atoms with Crippen LogP contribution in [0.25, 0.3) is 0 Å². The first-order valence-electron chi connectivity index (χ1n) is 7.29. The number of nitrogens with one attached hydrogen (secondary N) is 2. The van der Waals surface area contributed by atoms with Crippen molar-refractivity contribution in [3.63, 3.8) is 0 Å². The smallest absolute Gasteiger partial charge is 0.216 e. The van der Waals surface area contributed by atoms with Crippen LogP contribution in [-0.4, -0.2) is 33.0 Å². The van der Waals surface area contributed by atoms with Gasteiger partial charge in [-0.2, -0.15) is 11.8 Å². The Morgan fingerprint density at radius 3 is 2.48 bits per heavy atom. The number of hydrogen-bond acceptors (Lipinski definition) is 4. The third kappa shape index (κ3) is 4.98. The Morgan fingerprint density at radius 1 is 1.19 bits per heavy atom. The summed E-state index contributed by atoms with van der Waals surface area (Å²) in [5.41, 5.74) is 1.99. The lowest BCUT2D eigenvalue weighted by atomic mass is 10.1. The van der Waals surface area contributed by atoms with Gasteiger partial charge in [0, 0.05) is 17.8 Å². The van der Waals surface area contributed by atoms with Crippen molar-refractivity contribution >= 4 is 21.8 Å². The fraction of sp³-hybridized carbons (Fsp3) is 0.600. The van der Waals surface area contributed by atoms with Gasteiger partial charge in [-0.05, 0) is 37.3 Å². The van der Waals surface area contributed by atoms with Crippen molar-refractivity contribution in [1.29, 1.82) is 0 Å². The second-order valence-corrected chi connectivity index (χ2v) is 8.37. The summed E-state index contributed by atoms with van der Waals surface area (Å²) in [5, 5.41) is 3.49. The van der Waals surface area contributed by atoms with E-state index >= 15 is 0 Å². The summed E-state index contributed by atoms with van der Waals surface area (Å²) in [4.78, 5) is 0. The molecule has 1 aliphatic carbocycles. The molecule has 2 rings (SSSR count). The molecule has 1 aliphatic rings. The zero-order valence-electron chi connectivity index (χ0n) is 12.6. The maximum atomic E-state index is 12.3. The highest BCUT2D eigenvalue weighted by Crippen LogP contribution is 2.29. The van der Waals surface area contributed by atoms with Crippen molar-refractivity contribution in [2.24, 2.45) is 0 Å². The number of hydrogen-bond donors (Lipinski definition) is 2. The lowest BCUT2D eigenvalue weighted by Gasteiger charge is -2.19. The van der Waals surface area contributed by atoms with Gasteiger partial charge in [-0.25, -0.2) is 13.1 Å². The van der Waals surface area contributed by atoms with Crippen molar-refractivity contribution in [2.75, 3.05) is 13.3 Å². The Hall–Kier alpha value is -0.560. The van der Waals surface area contributed by atoms with Crippen molar-refractivity contribution in [3.05, 3.63) is 35.4 Å². The normalized spacial score (nSPS) is 22.6. The molecule has 0 spiro atoms. The van der Waals surface area contributed by atoms with Gasteiger partial charge in [-0.15, -0.1) is 0 Å². The van der Waals surface area contributed by atoms with Crippen LogP contribution in [0.3, 0.4) is 0 Å². The molecular weight excluding hydrogens is 304 g/mol. The lowest BCUT2D eigenvalue weighted by Crippen LogP contribution is -2.39. The average molecular weight is 329 g/mol. The van der Waals surface area contributed by atoms with Crippen LogP contribution in [0, 0.1) is 0 Å². The summed E-state index contributed by atoms with van der Waals surface area (Å²) < 4.78 is 27.5. The van der Waals surface area contributed by atoms with Gasteiger partial charge in [-0.3, -0.25) is 0 Å². The lowest BCUT2D eigenvalue weighted by molar-refractivity contribution is 0.554. The Kier molecular flexibility index (Phi) is 6.10. The van der Waals surface area contributed by atoms with Gasteiger partial charge < -0.3 is 5.32 Å². The molecule has 0 amide bonds. The second kappa shape index (κ2) is 7.63. The van der Waals surface area contributed by atoms with Crippen LogP contribution < -0.4 is 10.0 Å². The molecule has 1 saturated carbocycles. The van der Waals surface area contributed by atoms with E-state index in [0.29, 0.717) is 5.25 Å². The van der Waals surface area contributed by atoms with E-state index in [4.69, 9.17) is 0 Å². The monoisotopic (exact) mass is 328 g/mol. The first-order valence-corrected chi connectivity index (χ1v) is 10.2. The summed E-state index contributed by atoms with van der Waals surface area (Å²) in [6.07, 6.45) is 5.22. The van der Waals surface area contributed by atoms with E-state index in [1.165, 1.54) is 0 Å². The van der Waals surface area contributed by atoms with Crippen LogP contribution in [0.15, 0.2) is 24.3 Å². The summed E-state index contributed by atoms with van der Waals surface area (Å²) in [6.45, 7) is 0.794. The Bertz CT molecular complexity index is 543. The minimum absolute atomic E-state index is 0.0600. The summed E-state index contributed by atoms with van der Waals surface area (Å²) in [7, 11) is -1.37. The first kappa shape index (κ1) is 16.8. The molecule has 118 valence electrons. The molecule has 1 fully saturated rings. The number of rotatable bonds is 7. The first-order chi connectivity index (χ1) is 10.0. The molecule has 2 atom stereocenters. The maximum Gasteiger partial charge on any atom is 0.216 e. The molecule has 0 bridgehead atoms. The van der Waals surface area contributed by atoms with Gasteiger partial charge in [0.25, 0.3) is 0 Å². The molecule has 2 N–H and O–H groups in total. The van der Waals surface area contributed by atoms with Crippen LogP contribution in [0.1, 0.15) is 30.4 Å². The molecule has 0 aliphatic heterocycles. The molecule has 4 nitrogen and oxygen atoms in total. The summed E-state index contributed by atoms with van der Waals surface area (Å²) >= 11 is 1.76. The Morgan fingerprint density at radius 2 is 1.86 bits per heavy atom. The quantitative estimate of drug-likeness (QED) is 0.805. The largest absolute Gasteiger partial charge is 0.316 e. The third-order valence-corrected chi connectivity index (χ3v) is 6.39. The SMILES string of the molecule is CNCc1ccc(CS(=O)(=O)NC2CCCC2SC)cc1. The topological polar surface area (TPSA) is 58.2 Å².